The topological polar surface area (TPSA) is 28.2 Å². The largest absolute Gasteiger partial charge is 0.371 e. The minimum atomic E-state index is 0.138. The van der Waals surface area contributed by atoms with Crippen LogP contribution in [0.25, 0.3) is 0 Å². The Balaban J connectivity index is 2.11. The third kappa shape index (κ3) is 3.93. The molecule has 106 valence electrons. The van der Waals surface area contributed by atoms with Gasteiger partial charge in [-0.1, -0.05) is 12.8 Å². The third-order valence-electron chi connectivity index (χ3n) is 3.94. The van der Waals surface area contributed by atoms with Gasteiger partial charge in [0.05, 0.1) is 0 Å². The lowest BCUT2D eigenvalue weighted by atomic mass is 10.1. The van der Waals surface area contributed by atoms with Gasteiger partial charge in [-0.05, 0) is 39.7 Å². The number of aromatic nitrogens is 1. The Morgan fingerprint density at radius 3 is 2.63 bits per heavy atom. The Kier molecular flexibility index (Phi) is 4.46. The van der Waals surface area contributed by atoms with Crippen LogP contribution in [0.2, 0.25) is 0 Å². The molecule has 0 aromatic carbocycles. The van der Waals surface area contributed by atoms with E-state index in [9.17, 15) is 0 Å². The minimum Gasteiger partial charge on any atom is -0.371 e. The summed E-state index contributed by atoms with van der Waals surface area (Å²) >= 11 is 0. The molecule has 1 saturated carbocycles. The molecule has 1 heterocycles. The maximum absolute atomic E-state index is 4.29. The first-order valence-corrected chi connectivity index (χ1v) is 7.38. The van der Waals surface area contributed by atoms with Gasteiger partial charge in [-0.15, -0.1) is 0 Å². The van der Waals surface area contributed by atoms with Crippen LogP contribution in [0.5, 0.6) is 0 Å². The molecule has 0 bridgehead atoms. The highest BCUT2D eigenvalue weighted by Crippen LogP contribution is 2.28. The van der Waals surface area contributed by atoms with Crippen LogP contribution in [0.4, 0.5) is 5.69 Å². The van der Waals surface area contributed by atoms with Crippen LogP contribution in [-0.2, 0) is 6.54 Å². The zero-order chi connectivity index (χ0) is 13.9. The Morgan fingerprint density at radius 2 is 2.00 bits per heavy atom. The molecule has 0 radical (unpaired) electrons. The zero-order valence-electron chi connectivity index (χ0n) is 12.7. The molecule has 0 amide bonds. The van der Waals surface area contributed by atoms with Gasteiger partial charge in [0.25, 0.3) is 0 Å². The zero-order valence-corrected chi connectivity index (χ0v) is 12.7. The lowest BCUT2D eigenvalue weighted by Gasteiger charge is -2.29. The van der Waals surface area contributed by atoms with E-state index in [1.165, 1.54) is 36.9 Å². The molecule has 19 heavy (non-hydrogen) atoms. The van der Waals surface area contributed by atoms with Crippen molar-refractivity contribution in [1.82, 2.24) is 10.3 Å². The number of rotatable bonds is 4. The molecule has 1 aliphatic carbocycles. The van der Waals surface area contributed by atoms with Gasteiger partial charge in [0.1, 0.15) is 0 Å². The van der Waals surface area contributed by atoms with Crippen molar-refractivity contribution in [2.45, 2.75) is 64.6 Å². The smallest absolute Gasteiger partial charge is 0.0442 e. The van der Waals surface area contributed by atoms with Gasteiger partial charge in [-0.2, -0.15) is 0 Å². The van der Waals surface area contributed by atoms with Gasteiger partial charge in [0.2, 0.25) is 0 Å². The molecule has 2 rings (SSSR count). The van der Waals surface area contributed by atoms with Crippen molar-refractivity contribution in [3.8, 4) is 0 Å². The summed E-state index contributed by atoms with van der Waals surface area (Å²) in [5.41, 5.74) is 2.77. The molecule has 0 aliphatic heterocycles. The maximum atomic E-state index is 4.29. The van der Waals surface area contributed by atoms with E-state index in [1.807, 2.05) is 12.4 Å². The number of hydrogen-bond donors (Lipinski definition) is 1. The first kappa shape index (κ1) is 14.3. The Bertz CT molecular complexity index is 403. The first-order chi connectivity index (χ1) is 8.97. The lowest BCUT2D eigenvalue weighted by molar-refractivity contribution is 0.424. The molecule has 1 fully saturated rings. The van der Waals surface area contributed by atoms with E-state index in [0.717, 1.165) is 6.54 Å². The van der Waals surface area contributed by atoms with Crippen molar-refractivity contribution in [3.05, 3.63) is 24.0 Å². The van der Waals surface area contributed by atoms with Crippen molar-refractivity contribution < 1.29 is 0 Å². The summed E-state index contributed by atoms with van der Waals surface area (Å²) in [5.74, 6) is 0. The minimum absolute atomic E-state index is 0.138. The molecule has 3 heteroatoms. The van der Waals surface area contributed by atoms with Crippen LogP contribution in [0.3, 0.4) is 0 Å². The summed E-state index contributed by atoms with van der Waals surface area (Å²) in [6.07, 6.45) is 9.29. The van der Waals surface area contributed by atoms with Crippen LogP contribution >= 0.6 is 0 Å². The van der Waals surface area contributed by atoms with Crippen molar-refractivity contribution in [3.63, 3.8) is 0 Å². The van der Waals surface area contributed by atoms with Crippen molar-refractivity contribution in [1.29, 1.82) is 0 Å². The van der Waals surface area contributed by atoms with E-state index in [1.54, 1.807) is 0 Å². The number of nitrogens with zero attached hydrogens (tertiary/aromatic N) is 2. The molecule has 0 saturated heterocycles. The van der Waals surface area contributed by atoms with E-state index in [-0.39, 0.29) is 5.54 Å². The SMILES string of the molecule is CN(c1ccncc1CNC(C)(C)C)C1CCCC1. The number of nitrogens with one attached hydrogen (secondary N) is 1. The van der Waals surface area contributed by atoms with E-state index in [2.05, 4.69) is 49.1 Å². The van der Waals surface area contributed by atoms with Crippen LogP contribution < -0.4 is 10.2 Å². The fourth-order valence-corrected chi connectivity index (χ4v) is 2.75. The number of hydrogen-bond acceptors (Lipinski definition) is 3. The fraction of sp³-hybridized carbons (Fsp3) is 0.688. The molecule has 1 aliphatic rings. The predicted octanol–water partition coefficient (Wildman–Crippen LogP) is 3.35. The van der Waals surface area contributed by atoms with Crippen LogP contribution in [0.1, 0.15) is 52.0 Å². The summed E-state index contributed by atoms with van der Waals surface area (Å²) < 4.78 is 0. The van der Waals surface area contributed by atoms with Gasteiger partial charge in [-0.25, -0.2) is 0 Å². The first-order valence-electron chi connectivity index (χ1n) is 7.38. The summed E-state index contributed by atoms with van der Waals surface area (Å²) in [7, 11) is 2.23. The van der Waals surface area contributed by atoms with Crippen LogP contribution in [0.15, 0.2) is 18.5 Å². The van der Waals surface area contributed by atoms with Gasteiger partial charge in [0, 0.05) is 48.8 Å². The second-order valence-corrected chi connectivity index (χ2v) is 6.66. The van der Waals surface area contributed by atoms with Crippen LogP contribution in [0, 0.1) is 0 Å². The van der Waals surface area contributed by atoms with Gasteiger partial charge in [-0.3, -0.25) is 4.98 Å². The monoisotopic (exact) mass is 261 g/mol. The third-order valence-corrected chi connectivity index (χ3v) is 3.94. The Morgan fingerprint density at radius 1 is 1.32 bits per heavy atom. The highest BCUT2D eigenvalue weighted by atomic mass is 15.1. The second kappa shape index (κ2) is 5.91. The molecular weight excluding hydrogens is 234 g/mol. The second-order valence-electron chi connectivity index (χ2n) is 6.66. The molecule has 3 nitrogen and oxygen atoms in total. The van der Waals surface area contributed by atoms with E-state index >= 15 is 0 Å². The summed E-state index contributed by atoms with van der Waals surface area (Å²) in [5, 5.41) is 3.56. The Hall–Kier alpha value is -1.09. The van der Waals surface area contributed by atoms with Gasteiger partial charge in [0.15, 0.2) is 0 Å². The van der Waals surface area contributed by atoms with Gasteiger partial charge < -0.3 is 10.2 Å². The van der Waals surface area contributed by atoms with Crippen molar-refractivity contribution in [2.75, 3.05) is 11.9 Å². The number of pyridine rings is 1. The molecule has 0 unspecified atom stereocenters. The van der Waals surface area contributed by atoms with E-state index in [4.69, 9.17) is 0 Å². The molecule has 0 spiro atoms. The molecule has 1 aromatic heterocycles. The normalized spacial score (nSPS) is 16.8. The molecule has 1 N–H and O–H groups in total. The molecular formula is C16H27N3. The highest BCUT2D eigenvalue weighted by Gasteiger charge is 2.21. The van der Waals surface area contributed by atoms with Gasteiger partial charge >= 0.3 is 0 Å². The van der Waals surface area contributed by atoms with E-state index in [0.29, 0.717) is 6.04 Å². The van der Waals surface area contributed by atoms with E-state index < -0.39 is 0 Å². The maximum Gasteiger partial charge on any atom is 0.0442 e. The van der Waals surface area contributed by atoms with Crippen molar-refractivity contribution in [2.24, 2.45) is 0 Å². The highest BCUT2D eigenvalue weighted by molar-refractivity contribution is 5.52. The summed E-state index contributed by atoms with van der Waals surface area (Å²) in [4.78, 5) is 6.74. The van der Waals surface area contributed by atoms with Crippen LogP contribution in [-0.4, -0.2) is 23.6 Å². The average Bonchev–Trinajstić information content (AvgIpc) is 2.89. The van der Waals surface area contributed by atoms with Crippen molar-refractivity contribution >= 4 is 5.69 Å². The quantitative estimate of drug-likeness (QED) is 0.901. The lowest BCUT2D eigenvalue weighted by Crippen LogP contribution is -2.36. The average molecular weight is 261 g/mol. The molecule has 0 atom stereocenters. The summed E-state index contributed by atoms with van der Waals surface area (Å²) in [6.45, 7) is 7.47. The standard InChI is InChI=1S/C16H27N3/c1-16(2,3)18-12-13-11-17-10-9-15(13)19(4)14-7-5-6-8-14/h9-11,14,18H,5-8,12H2,1-4H3. The predicted molar refractivity (Wildman–Crippen MR) is 81.5 cm³/mol. The molecule has 1 aromatic rings. The summed E-state index contributed by atoms with van der Waals surface area (Å²) in [6, 6.07) is 2.86. The Labute approximate surface area is 117 Å². The number of anilines is 1. The fourth-order valence-electron chi connectivity index (χ4n) is 2.75.